The summed E-state index contributed by atoms with van der Waals surface area (Å²) in [5.41, 5.74) is 0.432. The molecule has 0 aliphatic heterocycles. The molecule has 0 saturated heterocycles. The van der Waals surface area contributed by atoms with Gasteiger partial charge < -0.3 is 0 Å². The maximum absolute atomic E-state index is 11.6. The summed E-state index contributed by atoms with van der Waals surface area (Å²) in [5.74, 6) is -1.63. The zero-order chi connectivity index (χ0) is 10.6. The Morgan fingerprint density at radius 1 is 1.29 bits per heavy atom. The van der Waals surface area contributed by atoms with Gasteiger partial charge in [0, 0.05) is 9.13 Å². The lowest BCUT2D eigenvalue weighted by Crippen LogP contribution is -2.12. The van der Waals surface area contributed by atoms with E-state index in [2.05, 4.69) is 0 Å². The van der Waals surface area contributed by atoms with Crippen LogP contribution in [0.5, 0.6) is 0 Å². The van der Waals surface area contributed by atoms with Crippen LogP contribution in [-0.2, 0) is 0 Å². The van der Waals surface area contributed by atoms with Gasteiger partial charge in [0.05, 0.1) is 12.1 Å². The molecule has 0 aliphatic rings. The van der Waals surface area contributed by atoms with E-state index in [1.807, 2.05) is 22.6 Å². The van der Waals surface area contributed by atoms with Crippen molar-refractivity contribution in [2.45, 2.75) is 0 Å². The second-order valence-electron chi connectivity index (χ2n) is 2.54. The molecule has 0 radical (unpaired) electrons. The van der Waals surface area contributed by atoms with Crippen molar-refractivity contribution < 1.29 is 4.79 Å². The molecule has 0 heterocycles. The van der Waals surface area contributed by atoms with Crippen LogP contribution in [0.2, 0.25) is 0 Å². The van der Waals surface area contributed by atoms with E-state index in [0.717, 1.165) is 3.57 Å². The maximum Gasteiger partial charge on any atom is 0.195 e. The van der Waals surface area contributed by atoms with Crippen molar-refractivity contribution in [3.63, 3.8) is 0 Å². The summed E-state index contributed by atoms with van der Waals surface area (Å²) >= 11 is 2.00. The van der Waals surface area contributed by atoms with Gasteiger partial charge in [-0.1, -0.05) is 18.2 Å². The van der Waals surface area contributed by atoms with Crippen molar-refractivity contribution in [3.8, 4) is 12.1 Å². The molecule has 0 N–H and O–H groups in total. The number of hydrogen-bond acceptors (Lipinski definition) is 3. The lowest BCUT2D eigenvalue weighted by molar-refractivity contribution is 0.0970. The van der Waals surface area contributed by atoms with Crippen LogP contribution in [0.3, 0.4) is 0 Å². The number of carbonyl (C=O) groups excluding carboxylic acids is 1. The van der Waals surface area contributed by atoms with Crippen molar-refractivity contribution in [3.05, 3.63) is 33.4 Å². The molecule has 0 spiro atoms. The van der Waals surface area contributed by atoms with Gasteiger partial charge in [0.2, 0.25) is 0 Å². The van der Waals surface area contributed by atoms with Gasteiger partial charge in [0.1, 0.15) is 0 Å². The van der Waals surface area contributed by atoms with E-state index >= 15 is 0 Å². The molecule has 0 fully saturated rings. The molecule has 4 heteroatoms. The molecular weight excluding hydrogens is 291 g/mol. The molecule has 0 unspecified atom stereocenters. The highest BCUT2D eigenvalue weighted by Crippen LogP contribution is 2.15. The molecule has 0 bridgehead atoms. The molecule has 3 nitrogen and oxygen atoms in total. The first kappa shape index (κ1) is 10.7. The summed E-state index contributed by atoms with van der Waals surface area (Å²) in [4.78, 5) is 11.6. The van der Waals surface area contributed by atoms with Crippen LogP contribution in [0.1, 0.15) is 10.4 Å². The summed E-state index contributed by atoms with van der Waals surface area (Å²) in [6.45, 7) is 0. The number of nitrogens with zero attached hydrogens (tertiary/aromatic N) is 2. The second-order valence-corrected chi connectivity index (χ2v) is 3.70. The van der Waals surface area contributed by atoms with Crippen molar-refractivity contribution >= 4 is 28.4 Å². The predicted octanol–water partition coefficient (Wildman–Crippen LogP) is 2.14. The number of nitriles is 2. The van der Waals surface area contributed by atoms with Gasteiger partial charge in [-0.15, -0.1) is 0 Å². The lowest BCUT2D eigenvalue weighted by Gasteiger charge is -2.02. The zero-order valence-electron chi connectivity index (χ0n) is 7.07. The summed E-state index contributed by atoms with van der Waals surface area (Å²) in [6, 6.07) is 10.2. The quantitative estimate of drug-likeness (QED) is 0.620. The SMILES string of the molecule is N#CC(C#N)C(=O)c1ccccc1I. The number of hydrogen-bond donors (Lipinski definition) is 0. The molecule has 0 aliphatic carbocycles. The largest absolute Gasteiger partial charge is 0.291 e. The monoisotopic (exact) mass is 296 g/mol. The zero-order valence-corrected chi connectivity index (χ0v) is 9.22. The molecule has 68 valence electrons. The van der Waals surface area contributed by atoms with Gasteiger partial charge in [-0.3, -0.25) is 4.79 Å². The van der Waals surface area contributed by atoms with Crippen LogP contribution in [-0.4, -0.2) is 5.78 Å². The molecule has 1 aromatic carbocycles. The van der Waals surface area contributed by atoms with Gasteiger partial charge in [0.25, 0.3) is 0 Å². The average Bonchev–Trinajstić information content (AvgIpc) is 2.20. The van der Waals surface area contributed by atoms with Gasteiger partial charge >= 0.3 is 0 Å². The summed E-state index contributed by atoms with van der Waals surface area (Å²) < 4.78 is 0.755. The topological polar surface area (TPSA) is 64.7 Å². The highest BCUT2D eigenvalue weighted by atomic mass is 127. The Kier molecular flexibility index (Phi) is 3.61. The Bertz CT molecular complexity index is 428. The fourth-order valence-corrected chi connectivity index (χ4v) is 1.62. The predicted molar refractivity (Wildman–Crippen MR) is 58.2 cm³/mol. The second kappa shape index (κ2) is 4.73. The van der Waals surface area contributed by atoms with E-state index in [4.69, 9.17) is 10.5 Å². The highest BCUT2D eigenvalue weighted by molar-refractivity contribution is 14.1. The Morgan fingerprint density at radius 2 is 1.86 bits per heavy atom. The Hall–Kier alpha value is -1.40. The van der Waals surface area contributed by atoms with Crippen molar-refractivity contribution in [2.75, 3.05) is 0 Å². The van der Waals surface area contributed by atoms with Crippen molar-refractivity contribution in [1.82, 2.24) is 0 Å². The van der Waals surface area contributed by atoms with E-state index in [1.54, 1.807) is 36.4 Å². The fourth-order valence-electron chi connectivity index (χ4n) is 0.963. The van der Waals surface area contributed by atoms with E-state index in [-0.39, 0.29) is 0 Å². The molecule has 0 amide bonds. The number of halogens is 1. The maximum atomic E-state index is 11.6. The first-order valence-corrected chi connectivity index (χ1v) is 4.86. The molecule has 0 atom stereocenters. The third-order valence-electron chi connectivity index (χ3n) is 1.66. The summed E-state index contributed by atoms with van der Waals surface area (Å²) in [6.07, 6.45) is 0. The fraction of sp³-hybridized carbons (Fsp3) is 0.100. The third-order valence-corrected chi connectivity index (χ3v) is 2.60. The van der Waals surface area contributed by atoms with Crippen LogP contribution in [0, 0.1) is 32.2 Å². The first-order valence-electron chi connectivity index (χ1n) is 3.78. The van der Waals surface area contributed by atoms with Gasteiger partial charge in [-0.05, 0) is 28.7 Å². The van der Waals surface area contributed by atoms with Crippen LogP contribution >= 0.6 is 22.6 Å². The van der Waals surface area contributed by atoms with Gasteiger partial charge in [-0.25, -0.2) is 0 Å². The molecular formula is C10H5IN2O. The Labute approximate surface area is 95.1 Å². The third kappa shape index (κ3) is 2.09. The van der Waals surface area contributed by atoms with Crippen LogP contribution < -0.4 is 0 Å². The smallest absolute Gasteiger partial charge is 0.195 e. The van der Waals surface area contributed by atoms with E-state index in [0.29, 0.717) is 5.56 Å². The Balaban J connectivity index is 3.09. The van der Waals surface area contributed by atoms with E-state index in [1.165, 1.54) is 0 Å². The van der Waals surface area contributed by atoms with Gasteiger partial charge in [-0.2, -0.15) is 10.5 Å². The van der Waals surface area contributed by atoms with Gasteiger partial charge in [0.15, 0.2) is 11.7 Å². The number of rotatable bonds is 2. The molecule has 0 saturated carbocycles. The number of Topliss-reactive ketones (excluding diaryl/α,β-unsaturated/α-hetero) is 1. The first-order chi connectivity index (χ1) is 6.70. The van der Waals surface area contributed by atoms with Crippen molar-refractivity contribution in [1.29, 1.82) is 10.5 Å². The summed E-state index contributed by atoms with van der Waals surface area (Å²) in [5, 5.41) is 17.1. The van der Waals surface area contributed by atoms with E-state index in [9.17, 15) is 4.79 Å². The standard InChI is InChI=1S/C10H5IN2O/c11-9-4-2-1-3-8(9)10(14)7(5-12)6-13/h1-4,7H. The normalized spacial score (nSPS) is 9.14. The molecule has 1 aromatic rings. The van der Waals surface area contributed by atoms with Crippen LogP contribution in [0.15, 0.2) is 24.3 Å². The highest BCUT2D eigenvalue weighted by Gasteiger charge is 2.20. The van der Waals surface area contributed by atoms with E-state index < -0.39 is 11.7 Å². The minimum atomic E-state index is -1.20. The minimum absolute atomic E-state index is 0.431. The molecule has 14 heavy (non-hydrogen) atoms. The lowest BCUT2D eigenvalue weighted by atomic mass is 10.0. The Morgan fingerprint density at radius 3 is 2.36 bits per heavy atom. The number of ketones is 1. The average molecular weight is 296 g/mol. The van der Waals surface area contributed by atoms with Crippen LogP contribution in [0.25, 0.3) is 0 Å². The van der Waals surface area contributed by atoms with Crippen LogP contribution in [0.4, 0.5) is 0 Å². The summed E-state index contributed by atoms with van der Waals surface area (Å²) in [7, 11) is 0. The van der Waals surface area contributed by atoms with Crippen molar-refractivity contribution in [2.24, 2.45) is 5.92 Å². The molecule has 1 rings (SSSR count). The number of carbonyl (C=O) groups is 1. The molecule has 0 aromatic heterocycles. The minimum Gasteiger partial charge on any atom is -0.291 e. The number of benzene rings is 1.